The van der Waals surface area contributed by atoms with E-state index in [9.17, 15) is 9.59 Å². The Morgan fingerprint density at radius 2 is 1.74 bits per heavy atom. The monoisotopic (exact) mass is 478 g/mol. The lowest BCUT2D eigenvalue weighted by Crippen LogP contribution is -2.46. The largest absolute Gasteiger partial charge is 0.497 e. The van der Waals surface area contributed by atoms with Gasteiger partial charge in [0.2, 0.25) is 0 Å². The van der Waals surface area contributed by atoms with Crippen molar-refractivity contribution in [3.8, 4) is 11.5 Å². The fourth-order valence-electron chi connectivity index (χ4n) is 3.68. The van der Waals surface area contributed by atoms with E-state index in [0.29, 0.717) is 22.1 Å². The number of urea groups is 1. The number of hydrogen-bond donors (Lipinski definition) is 1. The highest BCUT2D eigenvalue weighted by Gasteiger charge is 2.40. The van der Waals surface area contributed by atoms with Crippen molar-refractivity contribution in [2.45, 2.75) is 12.6 Å². The molecule has 0 radical (unpaired) electrons. The van der Waals surface area contributed by atoms with E-state index >= 15 is 0 Å². The summed E-state index contributed by atoms with van der Waals surface area (Å²) in [5.74, 6) is -0.323. The summed E-state index contributed by atoms with van der Waals surface area (Å²) in [4.78, 5) is 29.9. The van der Waals surface area contributed by atoms with Crippen LogP contribution in [0.15, 0.2) is 83.9 Å². The maximum absolute atomic E-state index is 13.3. The van der Waals surface area contributed by atoms with Gasteiger partial charge in [0.25, 0.3) is 0 Å². The first-order chi connectivity index (χ1) is 16.5. The first-order valence-electron chi connectivity index (χ1n) is 10.6. The number of ether oxygens (including phenoxy) is 3. The van der Waals surface area contributed by atoms with E-state index < -0.39 is 24.0 Å². The van der Waals surface area contributed by atoms with Gasteiger partial charge in [-0.2, -0.15) is 4.99 Å². The normalized spacial score (nSPS) is 17.4. The minimum Gasteiger partial charge on any atom is -0.497 e. The van der Waals surface area contributed by atoms with Crippen LogP contribution in [-0.2, 0) is 16.1 Å². The van der Waals surface area contributed by atoms with Crippen molar-refractivity contribution >= 4 is 29.3 Å². The summed E-state index contributed by atoms with van der Waals surface area (Å²) < 4.78 is 16.8. The third-order valence-corrected chi connectivity index (χ3v) is 5.57. The molecule has 2 unspecified atom stereocenters. The highest BCUT2D eigenvalue weighted by Crippen LogP contribution is 2.31. The van der Waals surface area contributed by atoms with Crippen LogP contribution in [0.1, 0.15) is 17.2 Å². The van der Waals surface area contributed by atoms with Crippen molar-refractivity contribution in [2.75, 3.05) is 13.7 Å². The van der Waals surface area contributed by atoms with Gasteiger partial charge in [-0.05, 0) is 41.5 Å². The van der Waals surface area contributed by atoms with Crippen LogP contribution in [-0.4, -0.2) is 31.4 Å². The van der Waals surface area contributed by atoms with Gasteiger partial charge < -0.3 is 19.5 Å². The molecular weight excluding hydrogens is 456 g/mol. The molecule has 1 heterocycles. The Balaban J connectivity index is 1.62. The van der Waals surface area contributed by atoms with Gasteiger partial charge in [0, 0.05) is 5.02 Å². The predicted octanol–water partition coefficient (Wildman–Crippen LogP) is 4.99. The number of nitrogens with one attached hydrogen (secondary N) is 1. The minimum absolute atomic E-state index is 0.0840. The van der Waals surface area contributed by atoms with Crippen LogP contribution in [0.2, 0.25) is 5.02 Å². The van der Waals surface area contributed by atoms with E-state index in [1.165, 1.54) is 0 Å². The van der Waals surface area contributed by atoms with Gasteiger partial charge >= 0.3 is 12.0 Å². The zero-order valence-corrected chi connectivity index (χ0v) is 19.2. The molecule has 174 valence electrons. The molecule has 2 atom stereocenters. The number of methoxy groups -OCH3 is 1. The van der Waals surface area contributed by atoms with Crippen LogP contribution in [0, 0.1) is 5.92 Å². The Labute approximate surface area is 202 Å². The number of carbonyl (C=O) groups excluding carboxylic acids is 2. The van der Waals surface area contributed by atoms with Crippen molar-refractivity contribution in [3.63, 3.8) is 0 Å². The fraction of sp³-hybridized carbons (Fsp3) is 0.192. The van der Waals surface area contributed by atoms with E-state index in [1.807, 2.05) is 36.4 Å². The zero-order chi connectivity index (χ0) is 23.9. The second-order valence-corrected chi connectivity index (χ2v) is 8.06. The molecule has 3 aromatic carbocycles. The SMILES string of the molecule is COc1cccc(C2NC(=O)N=C(COc3cccc(Cl)c3)C2C(=O)OCc2ccccc2)c1. The molecule has 0 saturated carbocycles. The van der Waals surface area contributed by atoms with Crippen LogP contribution >= 0.6 is 11.6 Å². The number of carbonyl (C=O) groups is 2. The Kier molecular flexibility index (Phi) is 7.44. The molecule has 1 aliphatic heterocycles. The third-order valence-electron chi connectivity index (χ3n) is 5.33. The van der Waals surface area contributed by atoms with Gasteiger partial charge in [-0.3, -0.25) is 4.79 Å². The summed E-state index contributed by atoms with van der Waals surface area (Å²) in [6, 6.07) is 22.1. The first kappa shape index (κ1) is 23.3. The highest BCUT2D eigenvalue weighted by molar-refractivity contribution is 6.30. The average molecular weight is 479 g/mol. The first-order valence-corrected chi connectivity index (χ1v) is 11.0. The molecule has 4 rings (SSSR count). The van der Waals surface area contributed by atoms with Gasteiger partial charge in [0.1, 0.15) is 30.6 Å². The summed E-state index contributed by atoms with van der Waals surface area (Å²) in [6.45, 7) is 0.0106. The Morgan fingerprint density at radius 3 is 2.50 bits per heavy atom. The molecule has 7 nitrogen and oxygen atoms in total. The lowest BCUT2D eigenvalue weighted by molar-refractivity contribution is -0.148. The standard InChI is InChI=1S/C26H23ClN2O5/c1-32-20-11-5-9-18(13-20)24-23(25(30)34-15-17-7-3-2-4-8-17)22(28-26(31)29-24)16-33-21-12-6-10-19(27)14-21/h2-14,23-24H,15-16H2,1H3,(H,29,31). The number of nitrogens with zero attached hydrogens (tertiary/aromatic N) is 1. The average Bonchev–Trinajstić information content (AvgIpc) is 2.86. The molecule has 1 aliphatic rings. The number of halogens is 1. The van der Waals surface area contributed by atoms with Crippen LogP contribution in [0.3, 0.4) is 0 Å². The fourth-order valence-corrected chi connectivity index (χ4v) is 3.86. The Morgan fingerprint density at radius 1 is 0.971 bits per heavy atom. The van der Waals surface area contributed by atoms with Crippen LogP contribution in [0.5, 0.6) is 11.5 Å². The third kappa shape index (κ3) is 5.74. The molecule has 0 aromatic heterocycles. The molecular formula is C26H23ClN2O5. The maximum Gasteiger partial charge on any atom is 0.341 e. The number of rotatable bonds is 8. The van der Waals surface area contributed by atoms with Gasteiger partial charge in [0.05, 0.1) is 18.9 Å². The van der Waals surface area contributed by atoms with Gasteiger partial charge in [-0.25, -0.2) is 4.79 Å². The Bertz CT molecular complexity index is 1200. The van der Waals surface area contributed by atoms with Crippen LogP contribution in [0.25, 0.3) is 0 Å². The van der Waals surface area contributed by atoms with Crippen molar-refractivity contribution in [1.29, 1.82) is 0 Å². The molecule has 0 bridgehead atoms. The molecule has 0 fully saturated rings. The van der Waals surface area contributed by atoms with Crippen molar-refractivity contribution < 1.29 is 23.8 Å². The van der Waals surface area contributed by atoms with E-state index in [0.717, 1.165) is 5.56 Å². The molecule has 3 aromatic rings. The second-order valence-electron chi connectivity index (χ2n) is 7.62. The number of aliphatic imine (C=N–C) groups is 1. The topological polar surface area (TPSA) is 86.2 Å². The highest BCUT2D eigenvalue weighted by atomic mass is 35.5. The van der Waals surface area contributed by atoms with E-state index in [-0.39, 0.29) is 18.9 Å². The van der Waals surface area contributed by atoms with Crippen LogP contribution in [0.4, 0.5) is 4.79 Å². The summed E-state index contributed by atoms with van der Waals surface area (Å²) in [7, 11) is 1.55. The minimum atomic E-state index is -0.896. The zero-order valence-electron chi connectivity index (χ0n) is 18.4. The molecule has 1 N–H and O–H groups in total. The molecule has 34 heavy (non-hydrogen) atoms. The maximum atomic E-state index is 13.3. The molecule has 2 amide bonds. The molecule has 8 heteroatoms. The number of amides is 2. The molecule has 0 saturated heterocycles. The van der Waals surface area contributed by atoms with Crippen molar-refractivity contribution in [2.24, 2.45) is 10.9 Å². The molecule has 0 aliphatic carbocycles. The lowest BCUT2D eigenvalue weighted by atomic mass is 9.87. The summed E-state index contributed by atoms with van der Waals surface area (Å²) >= 11 is 6.04. The van der Waals surface area contributed by atoms with Crippen LogP contribution < -0.4 is 14.8 Å². The van der Waals surface area contributed by atoms with E-state index in [4.69, 9.17) is 25.8 Å². The number of benzene rings is 3. The van der Waals surface area contributed by atoms with Gasteiger partial charge in [-0.15, -0.1) is 0 Å². The van der Waals surface area contributed by atoms with Crippen molar-refractivity contribution in [3.05, 3.63) is 95.0 Å². The smallest absolute Gasteiger partial charge is 0.341 e. The van der Waals surface area contributed by atoms with Gasteiger partial charge in [0.15, 0.2) is 0 Å². The molecule has 0 spiro atoms. The number of hydrogen-bond acceptors (Lipinski definition) is 5. The summed E-state index contributed by atoms with van der Waals surface area (Å²) in [5.41, 5.74) is 1.79. The van der Waals surface area contributed by atoms with E-state index in [2.05, 4.69) is 10.3 Å². The second kappa shape index (κ2) is 10.9. The van der Waals surface area contributed by atoms with E-state index in [1.54, 1.807) is 49.6 Å². The van der Waals surface area contributed by atoms with Gasteiger partial charge in [-0.1, -0.05) is 60.1 Å². The number of esters is 1. The lowest BCUT2D eigenvalue weighted by Gasteiger charge is -2.31. The summed E-state index contributed by atoms with van der Waals surface area (Å²) in [6.07, 6.45) is 0. The quantitative estimate of drug-likeness (QED) is 0.461. The predicted molar refractivity (Wildman–Crippen MR) is 128 cm³/mol. The Hall–Kier alpha value is -3.84. The summed E-state index contributed by atoms with van der Waals surface area (Å²) in [5, 5.41) is 3.30. The van der Waals surface area contributed by atoms with Crippen molar-refractivity contribution in [1.82, 2.24) is 5.32 Å².